The van der Waals surface area contributed by atoms with Crippen LogP contribution in [0.2, 0.25) is 0 Å². The Hall–Kier alpha value is -1.72. The topological polar surface area (TPSA) is 76.9 Å². The van der Waals surface area contributed by atoms with Crippen LogP contribution in [-0.2, 0) is 23.1 Å². The molecule has 0 aliphatic heterocycles. The first-order valence-electron chi connectivity index (χ1n) is 4.68. The first-order chi connectivity index (χ1) is 7.09. The summed E-state index contributed by atoms with van der Waals surface area (Å²) in [4.78, 5) is 21.7. The van der Waals surface area contributed by atoms with Gasteiger partial charge in [0.05, 0.1) is 6.42 Å². The lowest BCUT2D eigenvalue weighted by atomic mass is 10.3. The van der Waals surface area contributed by atoms with E-state index >= 15 is 0 Å². The number of hydrogen-bond donors (Lipinski definition) is 1. The highest BCUT2D eigenvalue weighted by Gasteiger charge is 2.05. The van der Waals surface area contributed by atoms with Crippen LogP contribution >= 0.6 is 0 Å². The van der Waals surface area contributed by atoms with Crippen molar-refractivity contribution in [2.75, 3.05) is 6.54 Å². The molecule has 1 aromatic heterocycles. The van der Waals surface area contributed by atoms with Crippen molar-refractivity contribution in [2.24, 2.45) is 7.05 Å². The van der Waals surface area contributed by atoms with Crippen molar-refractivity contribution in [3.63, 3.8) is 0 Å². The van der Waals surface area contributed by atoms with E-state index in [1.807, 2.05) is 7.05 Å². The van der Waals surface area contributed by atoms with Crippen molar-refractivity contribution in [2.45, 2.75) is 19.8 Å². The highest BCUT2D eigenvalue weighted by Crippen LogP contribution is 1.91. The number of carbonyl (C=O) groups is 2. The molecule has 0 unspecified atom stereocenters. The zero-order valence-electron chi connectivity index (χ0n) is 8.86. The SMILES string of the molecule is CC(=O)CC(=O)NCCc1nncn1C. The van der Waals surface area contributed by atoms with Gasteiger partial charge in [0.1, 0.15) is 17.9 Å². The van der Waals surface area contributed by atoms with Crippen molar-refractivity contribution in [3.8, 4) is 0 Å². The molecule has 6 nitrogen and oxygen atoms in total. The second-order valence-corrected chi connectivity index (χ2v) is 3.34. The Labute approximate surface area is 87.7 Å². The molecule has 0 aliphatic carbocycles. The average molecular weight is 210 g/mol. The average Bonchev–Trinajstić information content (AvgIpc) is 2.50. The Morgan fingerprint density at radius 2 is 2.27 bits per heavy atom. The molecule has 6 heteroatoms. The first-order valence-corrected chi connectivity index (χ1v) is 4.68. The summed E-state index contributed by atoms with van der Waals surface area (Å²) in [6.45, 7) is 1.86. The third-order valence-corrected chi connectivity index (χ3v) is 1.89. The summed E-state index contributed by atoms with van der Waals surface area (Å²) in [6.07, 6.45) is 2.16. The molecule has 1 heterocycles. The van der Waals surface area contributed by atoms with Gasteiger partial charge in [-0.05, 0) is 6.92 Å². The quantitative estimate of drug-likeness (QED) is 0.662. The van der Waals surface area contributed by atoms with Crippen molar-refractivity contribution in [1.82, 2.24) is 20.1 Å². The van der Waals surface area contributed by atoms with Crippen LogP contribution in [0, 0.1) is 0 Å². The summed E-state index contributed by atoms with van der Waals surface area (Å²) in [5.41, 5.74) is 0. The van der Waals surface area contributed by atoms with Crippen LogP contribution in [-0.4, -0.2) is 33.0 Å². The van der Waals surface area contributed by atoms with Gasteiger partial charge in [-0.3, -0.25) is 9.59 Å². The number of aromatic nitrogens is 3. The number of rotatable bonds is 5. The highest BCUT2D eigenvalue weighted by molar-refractivity contribution is 5.96. The van der Waals surface area contributed by atoms with Gasteiger partial charge in [0, 0.05) is 20.0 Å². The van der Waals surface area contributed by atoms with Crippen molar-refractivity contribution in [3.05, 3.63) is 12.2 Å². The standard InChI is InChI=1S/C9H14N4O2/c1-7(14)5-9(15)10-4-3-8-12-11-6-13(8)2/h6H,3-5H2,1-2H3,(H,10,15). The van der Waals surface area contributed by atoms with Gasteiger partial charge in [0.25, 0.3) is 0 Å². The Morgan fingerprint density at radius 3 is 2.80 bits per heavy atom. The summed E-state index contributed by atoms with van der Waals surface area (Å²) in [5.74, 6) is 0.425. The summed E-state index contributed by atoms with van der Waals surface area (Å²) in [6, 6.07) is 0. The Kier molecular flexibility index (Phi) is 3.96. The smallest absolute Gasteiger partial charge is 0.227 e. The zero-order valence-corrected chi connectivity index (χ0v) is 8.86. The van der Waals surface area contributed by atoms with E-state index in [1.165, 1.54) is 6.92 Å². The largest absolute Gasteiger partial charge is 0.355 e. The molecule has 0 atom stereocenters. The number of nitrogens with zero attached hydrogens (tertiary/aromatic N) is 3. The molecule has 0 bridgehead atoms. The van der Waals surface area contributed by atoms with Gasteiger partial charge < -0.3 is 9.88 Å². The zero-order chi connectivity index (χ0) is 11.3. The normalized spacial score (nSPS) is 10.0. The van der Waals surface area contributed by atoms with Crippen LogP contribution < -0.4 is 5.32 Å². The molecule has 0 fully saturated rings. The van der Waals surface area contributed by atoms with Gasteiger partial charge in [-0.1, -0.05) is 0 Å². The number of hydrogen-bond acceptors (Lipinski definition) is 4. The summed E-state index contributed by atoms with van der Waals surface area (Å²) in [5, 5.41) is 10.2. The van der Waals surface area contributed by atoms with Crippen LogP contribution in [0.15, 0.2) is 6.33 Å². The fraction of sp³-hybridized carbons (Fsp3) is 0.556. The third kappa shape index (κ3) is 3.88. The summed E-state index contributed by atoms with van der Waals surface area (Å²) < 4.78 is 1.79. The molecule has 0 radical (unpaired) electrons. The molecule has 82 valence electrons. The minimum Gasteiger partial charge on any atom is -0.355 e. The number of aryl methyl sites for hydroxylation is 1. The summed E-state index contributed by atoms with van der Waals surface area (Å²) in [7, 11) is 1.84. The third-order valence-electron chi connectivity index (χ3n) is 1.89. The first kappa shape index (κ1) is 11.4. The Balaban J connectivity index is 2.25. The number of carbonyl (C=O) groups excluding carboxylic acids is 2. The van der Waals surface area contributed by atoms with Crippen LogP contribution in [0.4, 0.5) is 0 Å². The van der Waals surface area contributed by atoms with Gasteiger partial charge >= 0.3 is 0 Å². The minimum absolute atomic E-state index is 0.0567. The van der Waals surface area contributed by atoms with E-state index in [-0.39, 0.29) is 18.1 Å². The van der Waals surface area contributed by atoms with Gasteiger partial charge in [0.15, 0.2) is 0 Å². The Morgan fingerprint density at radius 1 is 1.53 bits per heavy atom. The molecule has 0 saturated heterocycles. The van der Waals surface area contributed by atoms with E-state index in [0.29, 0.717) is 13.0 Å². The molecule has 1 N–H and O–H groups in total. The molecule has 0 aromatic carbocycles. The monoisotopic (exact) mass is 210 g/mol. The number of amides is 1. The second-order valence-electron chi connectivity index (χ2n) is 3.34. The molecular weight excluding hydrogens is 196 g/mol. The molecule has 1 amide bonds. The molecule has 0 spiro atoms. The lowest BCUT2D eigenvalue weighted by Crippen LogP contribution is -2.27. The number of Topliss-reactive ketones (excluding diaryl/α,β-unsaturated/α-hetero) is 1. The van der Waals surface area contributed by atoms with Gasteiger partial charge in [-0.2, -0.15) is 0 Å². The van der Waals surface area contributed by atoms with Crippen LogP contribution in [0.5, 0.6) is 0 Å². The summed E-state index contributed by atoms with van der Waals surface area (Å²) >= 11 is 0. The molecule has 0 aliphatic rings. The lowest BCUT2D eigenvalue weighted by Gasteiger charge is -2.02. The predicted octanol–water partition coefficient (Wildman–Crippen LogP) is -0.547. The lowest BCUT2D eigenvalue weighted by molar-refractivity contribution is -0.127. The van der Waals surface area contributed by atoms with E-state index in [1.54, 1.807) is 10.9 Å². The van der Waals surface area contributed by atoms with Crippen LogP contribution in [0.25, 0.3) is 0 Å². The van der Waals surface area contributed by atoms with Crippen LogP contribution in [0.3, 0.4) is 0 Å². The van der Waals surface area contributed by atoms with Crippen LogP contribution in [0.1, 0.15) is 19.2 Å². The highest BCUT2D eigenvalue weighted by atomic mass is 16.2. The van der Waals surface area contributed by atoms with Gasteiger partial charge in [-0.25, -0.2) is 0 Å². The maximum Gasteiger partial charge on any atom is 0.227 e. The minimum atomic E-state index is -0.246. The van der Waals surface area contributed by atoms with E-state index in [0.717, 1.165) is 5.82 Å². The van der Waals surface area contributed by atoms with Gasteiger partial charge in [-0.15, -0.1) is 10.2 Å². The maximum absolute atomic E-state index is 11.1. The maximum atomic E-state index is 11.1. The van der Waals surface area contributed by atoms with E-state index < -0.39 is 0 Å². The Bertz CT molecular complexity index is 359. The number of ketones is 1. The predicted molar refractivity (Wildman–Crippen MR) is 53.0 cm³/mol. The molecule has 1 aromatic rings. The van der Waals surface area contributed by atoms with Crippen molar-refractivity contribution >= 4 is 11.7 Å². The molecular formula is C9H14N4O2. The van der Waals surface area contributed by atoms with Crippen molar-refractivity contribution < 1.29 is 9.59 Å². The fourth-order valence-electron chi connectivity index (χ4n) is 1.14. The van der Waals surface area contributed by atoms with Gasteiger partial charge in [0.2, 0.25) is 5.91 Å². The fourth-order valence-corrected chi connectivity index (χ4v) is 1.14. The molecule has 15 heavy (non-hydrogen) atoms. The molecule has 1 rings (SSSR count). The van der Waals surface area contributed by atoms with E-state index in [4.69, 9.17) is 0 Å². The number of nitrogens with one attached hydrogen (secondary N) is 1. The second kappa shape index (κ2) is 5.23. The van der Waals surface area contributed by atoms with E-state index in [9.17, 15) is 9.59 Å². The molecule has 0 saturated carbocycles. The van der Waals surface area contributed by atoms with E-state index in [2.05, 4.69) is 15.5 Å². The van der Waals surface area contributed by atoms with Crippen molar-refractivity contribution in [1.29, 1.82) is 0 Å².